The number of para-hydroxylation sites is 2. The quantitative estimate of drug-likeness (QED) is 0.449. The molecule has 3 heteroatoms. The van der Waals surface area contributed by atoms with Gasteiger partial charge in [0.25, 0.3) is 0 Å². The molecule has 0 saturated heterocycles. The number of Topliss-reactive ketones (excluding diaryl/α,β-unsaturated/α-hetero) is 1. The lowest BCUT2D eigenvalue weighted by Gasteiger charge is -2.09. The number of ketones is 1. The molecule has 0 amide bonds. The highest BCUT2D eigenvalue weighted by atomic mass is 16.5. The number of rotatable bonds is 7. The Morgan fingerprint density at radius 3 is 2.68 bits per heavy atom. The second kappa shape index (κ2) is 6.75. The fourth-order valence-electron chi connectivity index (χ4n) is 3.33. The zero-order chi connectivity index (χ0) is 17.2. The Balaban J connectivity index is 1.46. The van der Waals surface area contributed by atoms with Gasteiger partial charge in [-0.3, -0.25) is 4.79 Å². The van der Waals surface area contributed by atoms with Crippen LogP contribution >= 0.6 is 0 Å². The summed E-state index contributed by atoms with van der Waals surface area (Å²) < 4.78 is 8.09. The summed E-state index contributed by atoms with van der Waals surface area (Å²) in [5.74, 6) is 1.51. The van der Waals surface area contributed by atoms with Crippen LogP contribution < -0.4 is 4.74 Å². The van der Waals surface area contributed by atoms with Gasteiger partial charge >= 0.3 is 0 Å². The third-order valence-electron chi connectivity index (χ3n) is 4.90. The highest BCUT2D eigenvalue weighted by Crippen LogP contribution is 2.35. The molecule has 0 N–H and O–H groups in total. The first-order valence-electron chi connectivity index (χ1n) is 9.04. The van der Waals surface area contributed by atoms with E-state index in [9.17, 15) is 4.79 Å². The van der Waals surface area contributed by atoms with Gasteiger partial charge in [-0.2, -0.15) is 0 Å². The molecule has 128 valence electrons. The van der Waals surface area contributed by atoms with Gasteiger partial charge < -0.3 is 9.30 Å². The summed E-state index contributed by atoms with van der Waals surface area (Å²) in [5, 5.41) is 1.08. The number of benzene rings is 2. The SMILES string of the molecule is Cc1ccccc1OCCCn1cc(C(=O)C2CC2)c2ccccc21. The standard InChI is InChI=1S/C22H23NO2/c1-16-7-2-5-10-21(16)25-14-6-13-23-15-19(22(24)17-11-12-17)18-8-3-4-9-20(18)23/h2-5,7-10,15,17H,6,11-14H2,1H3. The first-order chi connectivity index (χ1) is 12.2. The maximum atomic E-state index is 12.5. The molecule has 0 bridgehead atoms. The van der Waals surface area contributed by atoms with Crippen molar-refractivity contribution in [1.29, 1.82) is 0 Å². The normalized spacial score (nSPS) is 14.0. The smallest absolute Gasteiger partial charge is 0.168 e. The van der Waals surface area contributed by atoms with E-state index in [0.29, 0.717) is 12.4 Å². The van der Waals surface area contributed by atoms with Gasteiger partial charge in [0.1, 0.15) is 5.75 Å². The van der Waals surface area contributed by atoms with Gasteiger partial charge in [0.05, 0.1) is 6.61 Å². The predicted molar refractivity (Wildman–Crippen MR) is 100 cm³/mol. The average molecular weight is 333 g/mol. The van der Waals surface area contributed by atoms with Crippen LogP contribution in [0.3, 0.4) is 0 Å². The molecule has 0 radical (unpaired) electrons. The van der Waals surface area contributed by atoms with Gasteiger partial charge in [-0.05, 0) is 43.9 Å². The van der Waals surface area contributed by atoms with Crippen LogP contribution in [0.15, 0.2) is 54.7 Å². The Morgan fingerprint density at radius 1 is 1.12 bits per heavy atom. The highest BCUT2D eigenvalue weighted by molar-refractivity contribution is 6.09. The maximum absolute atomic E-state index is 12.5. The molecule has 0 atom stereocenters. The molecule has 1 fully saturated rings. The van der Waals surface area contributed by atoms with E-state index in [0.717, 1.165) is 53.6 Å². The lowest BCUT2D eigenvalue weighted by atomic mass is 10.1. The van der Waals surface area contributed by atoms with Crippen LogP contribution in [0.25, 0.3) is 10.9 Å². The Bertz CT molecular complexity index is 905. The molecule has 1 aliphatic carbocycles. The summed E-state index contributed by atoms with van der Waals surface area (Å²) in [6.07, 6.45) is 5.04. The van der Waals surface area contributed by atoms with Crippen molar-refractivity contribution >= 4 is 16.7 Å². The van der Waals surface area contributed by atoms with E-state index in [4.69, 9.17) is 4.74 Å². The molecule has 1 saturated carbocycles. The van der Waals surface area contributed by atoms with Crippen molar-refractivity contribution in [3.8, 4) is 5.75 Å². The van der Waals surface area contributed by atoms with Crippen LogP contribution in [-0.4, -0.2) is 17.0 Å². The molecule has 3 nitrogen and oxygen atoms in total. The van der Waals surface area contributed by atoms with E-state index < -0.39 is 0 Å². The number of ether oxygens (including phenoxy) is 1. The minimum atomic E-state index is 0.253. The monoisotopic (exact) mass is 333 g/mol. The maximum Gasteiger partial charge on any atom is 0.168 e. The molecule has 1 aliphatic rings. The molecule has 0 spiro atoms. The molecular weight excluding hydrogens is 310 g/mol. The number of nitrogens with zero attached hydrogens (tertiary/aromatic N) is 1. The van der Waals surface area contributed by atoms with Gasteiger partial charge in [0.15, 0.2) is 5.78 Å². The van der Waals surface area contributed by atoms with E-state index in [-0.39, 0.29) is 5.92 Å². The summed E-state index contributed by atoms with van der Waals surface area (Å²) in [6.45, 7) is 3.58. The zero-order valence-corrected chi connectivity index (χ0v) is 14.6. The van der Waals surface area contributed by atoms with Gasteiger partial charge in [0.2, 0.25) is 0 Å². The van der Waals surface area contributed by atoms with Crippen LogP contribution in [-0.2, 0) is 6.54 Å². The largest absolute Gasteiger partial charge is 0.493 e. The minimum Gasteiger partial charge on any atom is -0.493 e. The van der Waals surface area contributed by atoms with Crippen molar-refractivity contribution in [3.63, 3.8) is 0 Å². The van der Waals surface area contributed by atoms with E-state index in [1.165, 1.54) is 0 Å². The van der Waals surface area contributed by atoms with Crippen molar-refractivity contribution in [2.45, 2.75) is 32.7 Å². The van der Waals surface area contributed by atoms with E-state index in [1.807, 2.05) is 36.5 Å². The van der Waals surface area contributed by atoms with Crippen LogP contribution in [0.2, 0.25) is 0 Å². The third kappa shape index (κ3) is 3.32. The molecule has 4 rings (SSSR count). The van der Waals surface area contributed by atoms with Gasteiger partial charge in [-0.1, -0.05) is 36.4 Å². The lowest BCUT2D eigenvalue weighted by Crippen LogP contribution is -2.05. The predicted octanol–water partition coefficient (Wildman–Crippen LogP) is 5.01. The van der Waals surface area contributed by atoms with Crippen molar-refractivity contribution in [2.75, 3.05) is 6.61 Å². The molecule has 3 aromatic rings. The fraction of sp³-hybridized carbons (Fsp3) is 0.318. The average Bonchev–Trinajstić information content (AvgIpc) is 3.42. The second-order valence-electron chi connectivity index (χ2n) is 6.86. The van der Waals surface area contributed by atoms with E-state index in [2.05, 4.69) is 29.7 Å². The molecule has 25 heavy (non-hydrogen) atoms. The van der Waals surface area contributed by atoms with E-state index in [1.54, 1.807) is 0 Å². The second-order valence-corrected chi connectivity index (χ2v) is 6.86. The number of fused-ring (bicyclic) bond motifs is 1. The molecule has 0 aliphatic heterocycles. The Morgan fingerprint density at radius 2 is 1.88 bits per heavy atom. The summed E-state index contributed by atoms with van der Waals surface area (Å²) >= 11 is 0. The van der Waals surface area contributed by atoms with Crippen molar-refractivity contribution in [1.82, 2.24) is 4.57 Å². The summed E-state index contributed by atoms with van der Waals surface area (Å²) in [5.41, 5.74) is 3.19. The zero-order valence-electron chi connectivity index (χ0n) is 14.6. The molecule has 2 aromatic carbocycles. The van der Waals surface area contributed by atoms with Crippen molar-refractivity contribution in [3.05, 3.63) is 65.9 Å². The first kappa shape index (κ1) is 15.9. The molecule has 1 aromatic heterocycles. The number of aromatic nitrogens is 1. The van der Waals surface area contributed by atoms with E-state index >= 15 is 0 Å². The minimum absolute atomic E-state index is 0.253. The van der Waals surface area contributed by atoms with Gasteiger partial charge in [-0.25, -0.2) is 0 Å². The highest BCUT2D eigenvalue weighted by Gasteiger charge is 2.32. The number of hydrogen-bond acceptors (Lipinski definition) is 2. The molecule has 1 heterocycles. The first-order valence-corrected chi connectivity index (χ1v) is 9.04. The van der Waals surface area contributed by atoms with Crippen LogP contribution in [0.4, 0.5) is 0 Å². The fourth-order valence-corrected chi connectivity index (χ4v) is 3.33. The number of carbonyl (C=O) groups is 1. The van der Waals surface area contributed by atoms with Crippen molar-refractivity contribution in [2.24, 2.45) is 5.92 Å². The van der Waals surface area contributed by atoms with Gasteiger partial charge in [-0.15, -0.1) is 0 Å². The Labute approximate surface area is 148 Å². The van der Waals surface area contributed by atoms with Crippen LogP contribution in [0, 0.1) is 12.8 Å². The molecule has 0 unspecified atom stereocenters. The lowest BCUT2D eigenvalue weighted by molar-refractivity contribution is 0.0969. The van der Waals surface area contributed by atoms with Gasteiger partial charge in [0, 0.05) is 35.1 Å². The van der Waals surface area contributed by atoms with Crippen LogP contribution in [0.5, 0.6) is 5.75 Å². The third-order valence-corrected chi connectivity index (χ3v) is 4.90. The van der Waals surface area contributed by atoms with Crippen molar-refractivity contribution < 1.29 is 9.53 Å². The van der Waals surface area contributed by atoms with Crippen LogP contribution in [0.1, 0.15) is 35.2 Å². The summed E-state index contributed by atoms with van der Waals surface area (Å²) in [6, 6.07) is 16.3. The Hall–Kier alpha value is -2.55. The Kier molecular flexibility index (Phi) is 4.31. The summed E-state index contributed by atoms with van der Waals surface area (Å²) in [4.78, 5) is 12.5. The topological polar surface area (TPSA) is 31.2 Å². The number of carbonyl (C=O) groups excluding carboxylic acids is 1. The molecular formula is C22H23NO2. The summed E-state index contributed by atoms with van der Waals surface area (Å²) in [7, 11) is 0. The number of aryl methyl sites for hydroxylation is 2. The number of hydrogen-bond donors (Lipinski definition) is 0.